The summed E-state index contributed by atoms with van der Waals surface area (Å²) in [6.45, 7) is 9.46. The average molecular weight is 234 g/mol. The van der Waals surface area contributed by atoms with Gasteiger partial charge >= 0.3 is 0 Å². The monoisotopic (exact) mass is 234 g/mol. The highest BCUT2D eigenvalue weighted by Gasteiger charge is 2.11. The highest BCUT2D eigenvalue weighted by Crippen LogP contribution is 2.18. The van der Waals surface area contributed by atoms with Crippen LogP contribution in [0.1, 0.15) is 57.2 Å². The molecule has 17 heavy (non-hydrogen) atoms. The minimum Gasteiger partial charge on any atom is -0.329 e. The highest BCUT2D eigenvalue weighted by atomic mass is 15.0. The van der Waals surface area contributed by atoms with Crippen LogP contribution in [0.3, 0.4) is 0 Å². The van der Waals surface area contributed by atoms with Crippen LogP contribution in [-0.4, -0.2) is 12.6 Å². The highest BCUT2D eigenvalue weighted by molar-refractivity contribution is 5.27. The van der Waals surface area contributed by atoms with Crippen molar-refractivity contribution in [2.24, 2.45) is 5.73 Å². The Bertz CT molecular complexity index is 316. The van der Waals surface area contributed by atoms with Gasteiger partial charge in [-0.3, -0.25) is 0 Å². The van der Waals surface area contributed by atoms with Gasteiger partial charge in [-0.1, -0.05) is 45.0 Å². The second-order valence-electron chi connectivity index (χ2n) is 5.09. The van der Waals surface area contributed by atoms with Crippen LogP contribution in [0.15, 0.2) is 24.3 Å². The van der Waals surface area contributed by atoms with Crippen molar-refractivity contribution >= 4 is 0 Å². The second-order valence-corrected chi connectivity index (χ2v) is 5.09. The van der Waals surface area contributed by atoms with Gasteiger partial charge in [0.15, 0.2) is 0 Å². The Labute approximate surface area is 106 Å². The third kappa shape index (κ3) is 4.14. The zero-order chi connectivity index (χ0) is 12.8. The Balaban J connectivity index is 2.75. The Morgan fingerprint density at radius 2 is 1.59 bits per heavy atom. The number of nitrogens with one attached hydrogen (secondary N) is 1. The van der Waals surface area contributed by atoms with E-state index in [1.165, 1.54) is 11.1 Å². The van der Waals surface area contributed by atoms with E-state index < -0.39 is 0 Å². The molecule has 2 nitrogen and oxygen atoms in total. The van der Waals surface area contributed by atoms with Crippen LogP contribution in [0.25, 0.3) is 0 Å². The molecule has 2 atom stereocenters. The average Bonchev–Trinajstić information content (AvgIpc) is 2.35. The van der Waals surface area contributed by atoms with E-state index in [-0.39, 0.29) is 6.04 Å². The quantitative estimate of drug-likeness (QED) is 0.793. The van der Waals surface area contributed by atoms with Crippen LogP contribution in [0, 0.1) is 0 Å². The van der Waals surface area contributed by atoms with E-state index in [0.717, 1.165) is 6.42 Å². The first kappa shape index (κ1) is 14.2. The van der Waals surface area contributed by atoms with Gasteiger partial charge in [0.25, 0.3) is 0 Å². The number of hydrogen-bond acceptors (Lipinski definition) is 2. The molecule has 0 bridgehead atoms. The predicted octanol–water partition coefficient (Wildman–Crippen LogP) is 3.20. The van der Waals surface area contributed by atoms with Gasteiger partial charge in [0, 0.05) is 18.6 Å². The summed E-state index contributed by atoms with van der Waals surface area (Å²) in [5.74, 6) is 0.586. The summed E-state index contributed by atoms with van der Waals surface area (Å²) in [6, 6.07) is 9.59. The Morgan fingerprint density at radius 1 is 1.06 bits per heavy atom. The van der Waals surface area contributed by atoms with Gasteiger partial charge in [0.05, 0.1) is 0 Å². The molecule has 0 aliphatic rings. The van der Waals surface area contributed by atoms with Crippen LogP contribution in [0.5, 0.6) is 0 Å². The maximum Gasteiger partial charge on any atom is 0.0446 e. The van der Waals surface area contributed by atoms with Gasteiger partial charge in [-0.2, -0.15) is 0 Å². The van der Waals surface area contributed by atoms with Crippen molar-refractivity contribution in [3.05, 3.63) is 35.4 Å². The van der Waals surface area contributed by atoms with Crippen LogP contribution < -0.4 is 11.1 Å². The number of benzene rings is 1. The molecule has 2 unspecified atom stereocenters. The van der Waals surface area contributed by atoms with Crippen molar-refractivity contribution in [2.75, 3.05) is 6.54 Å². The smallest absolute Gasteiger partial charge is 0.0446 e. The summed E-state index contributed by atoms with van der Waals surface area (Å²) in [4.78, 5) is 0. The van der Waals surface area contributed by atoms with Gasteiger partial charge in [-0.15, -0.1) is 0 Å². The van der Waals surface area contributed by atoms with E-state index in [4.69, 9.17) is 5.73 Å². The lowest BCUT2D eigenvalue weighted by molar-refractivity contribution is 0.452. The molecule has 0 fully saturated rings. The molecular weight excluding hydrogens is 208 g/mol. The second kappa shape index (κ2) is 6.77. The summed E-state index contributed by atoms with van der Waals surface area (Å²) in [7, 11) is 0. The molecule has 0 heterocycles. The van der Waals surface area contributed by atoms with Gasteiger partial charge in [-0.25, -0.2) is 0 Å². The lowest BCUT2D eigenvalue weighted by Gasteiger charge is -2.22. The molecule has 1 rings (SSSR count). The van der Waals surface area contributed by atoms with Crippen molar-refractivity contribution in [1.82, 2.24) is 5.32 Å². The van der Waals surface area contributed by atoms with Gasteiger partial charge in [-0.05, 0) is 30.4 Å². The summed E-state index contributed by atoms with van der Waals surface area (Å²) in [5.41, 5.74) is 8.51. The molecule has 0 radical (unpaired) electrons. The zero-order valence-corrected chi connectivity index (χ0v) is 11.5. The Morgan fingerprint density at radius 3 is 2.00 bits per heavy atom. The minimum absolute atomic E-state index is 0.270. The summed E-state index contributed by atoms with van der Waals surface area (Å²) >= 11 is 0. The van der Waals surface area contributed by atoms with E-state index in [1.807, 2.05) is 0 Å². The van der Waals surface area contributed by atoms with Crippen LogP contribution in [0.4, 0.5) is 0 Å². The fraction of sp³-hybridized carbons (Fsp3) is 0.600. The topological polar surface area (TPSA) is 38.0 Å². The fourth-order valence-corrected chi connectivity index (χ4v) is 1.87. The molecule has 1 aromatic carbocycles. The predicted molar refractivity (Wildman–Crippen MR) is 75.2 cm³/mol. The van der Waals surface area contributed by atoms with E-state index in [1.54, 1.807) is 0 Å². The van der Waals surface area contributed by atoms with Crippen molar-refractivity contribution < 1.29 is 0 Å². The molecule has 3 N–H and O–H groups in total. The Hall–Kier alpha value is -0.860. The van der Waals surface area contributed by atoms with Gasteiger partial charge in [0.1, 0.15) is 0 Å². The molecule has 0 saturated heterocycles. The first-order valence-corrected chi connectivity index (χ1v) is 6.64. The summed E-state index contributed by atoms with van der Waals surface area (Å²) < 4.78 is 0. The van der Waals surface area contributed by atoms with E-state index >= 15 is 0 Å². The molecule has 2 heteroatoms. The van der Waals surface area contributed by atoms with Crippen molar-refractivity contribution in [1.29, 1.82) is 0 Å². The molecule has 0 amide bonds. The molecule has 0 aliphatic heterocycles. The number of nitrogens with two attached hydrogens (primary N) is 1. The first-order chi connectivity index (χ1) is 8.08. The standard InChI is InChI=1S/C15H26N2/c1-5-12(4)17-15(10-16)14-8-6-13(7-9-14)11(2)3/h6-9,11-12,15,17H,5,10,16H2,1-4H3. The summed E-state index contributed by atoms with van der Waals surface area (Å²) in [5, 5.41) is 3.56. The Kier molecular flexibility index (Phi) is 5.66. The maximum absolute atomic E-state index is 5.84. The van der Waals surface area contributed by atoms with Crippen molar-refractivity contribution in [2.45, 2.75) is 52.1 Å². The zero-order valence-electron chi connectivity index (χ0n) is 11.5. The molecule has 96 valence electrons. The van der Waals surface area contributed by atoms with Crippen molar-refractivity contribution in [3.8, 4) is 0 Å². The SMILES string of the molecule is CCC(C)NC(CN)c1ccc(C(C)C)cc1. The maximum atomic E-state index is 5.84. The minimum atomic E-state index is 0.270. The first-order valence-electron chi connectivity index (χ1n) is 6.64. The normalized spacial score (nSPS) is 14.9. The van der Waals surface area contributed by atoms with Crippen LogP contribution in [-0.2, 0) is 0 Å². The third-order valence-electron chi connectivity index (χ3n) is 3.34. The molecule has 1 aromatic rings. The number of hydrogen-bond donors (Lipinski definition) is 2. The molecule has 0 aromatic heterocycles. The van der Waals surface area contributed by atoms with Crippen molar-refractivity contribution in [3.63, 3.8) is 0 Å². The van der Waals surface area contributed by atoms with E-state index in [9.17, 15) is 0 Å². The molecule has 0 saturated carbocycles. The van der Waals surface area contributed by atoms with Gasteiger partial charge in [0.2, 0.25) is 0 Å². The molecule has 0 aliphatic carbocycles. The molecular formula is C15H26N2. The van der Waals surface area contributed by atoms with E-state index in [0.29, 0.717) is 18.5 Å². The lowest BCUT2D eigenvalue weighted by atomic mass is 9.98. The van der Waals surface area contributed by atoms with Crippen LogP contribution >= 0.6 is 0 Å². The fourth-order valence-electron chi connectivity index (χ4n) is 1.87. The largest absolute Gasteiger partial charge is 0.329 e. The summed E-state index contributed by atoms with van der Waals surface area (Å²) in [6.07, 6.45) is 1.13. The van der Waals surface area contributed by atoms with Gasteiger partial charge < -0.3 is 11.1 Å². The lowest BCUT2D eigenvalue weighted by Crippen LogP contribution is -2.34. The van der Waals surface area contributed by atoms with Crippen LogP contribution in [0.2, 0.25) is 0 Å². The number of rotatable bonds is 6. The molecule has 0 spiro atoms. The van der Waals surface area contributed by atoms with E-state index in [2.05, 4.69) is 57.3 Å². The third-order valence-corrected chi connectivity index (χ3v) is 3.34.